The number of benzene rings is 6. The second kappa shape index (κ2) is 12.5. The minimum absolute atomic E-state index is 0.264. The van der Waals surface area contributed by atoms with Crippen molar-refractivity contribution in [2.24, 2.45) is 0 Å². The van der Waals surface area contributed by atoms with Crippen molar-refractivity contribution in [3.8, 4) is 22.5 Å². The zero-order valence-electron chi connectivity index (χ0n) is 29.2. The van der Waals surface area contributed by atoms with Gasteiger partial charge < -0.3 is 14.0 Å². The summed E-state index contributed by atoms with van der Waals surface area (Å²) >= 11 is 0. The molecule has 2 aliphatic carbocycles. The van der Waals surface area contributed by atoms with Crippen molar-refractivity contribution in [3.05, 3.63) is 187 Å². The SMILES string of the molecule is CC1CC=Cc2c1c1cc(-c3ccc4c5ccccc5n(-c5ccc(N(c6ccccc6)C6C=CC=CC6)cc5)c4c3)ccc1n2-c1ccccc1. The number of hydrogen-bond donors (Lipinski definition) is 0. The molecule has 2 atom stereocenters. The Morgan fingerprint density at radius 2 is 1.19 bits per heavy atom. The molecule has 0 saturated carbocycles. The first kappa shape index (κ1) is 30.5. The quantitative estimate of drug-likeness (QED) is 0.172. The minimum Gasteiger partial charge on any atom is -0.334 e. The van der Waals surface area contributed by atoms with Crippen molar-refractivity contribution in [1.29, 1.82) is 0 Å². The highest BCUT2D eigenvalue weighted by atomic mass is 15.2. The lowest BCUT2D eigenvalue weighted by Gasteiger charge is -2.32. The number of allylic oxidation sites excluding steroid dienone is 3. The Bertz CT molecular complexity index is 2690. The van der Waals surface area contributed by atoms with Gasteiger partial charge in [0.05, 0.1) is 22.6 Å². The van der Waals surface area contributed by atoms with E-state index in [0.717, 1.165) is 18.5 Å². The highest BCUT2D eigenvalue weighted by molar-refractivity contribution is 6.10. The summed E-state index contributed by atoms with van der Waals surface area (Å²) in [6, 6.07) is 53.8. The third-order valence-corrected chi connectivity index (χ3v) is 11.0. The van der Waals surface area contributed by atoms with Crippen LogP contribution in [0.15, 0.2) is 176 Å². The van der Waals surface area contributed by atoms with Crippen LogP contribution < -0.4 is 4.90 Å². The lowest BCUT2D eigenvalue weighted by atomic mass is 9.90. The van der Waals surface area contributed by atoms with Gasteiger partial charge in [-0.1, -0.05) is 110 Å². The number of para-hydroxylation sites is 3. The molecule has 6 aromatic carbocycles. The summed E-state index contributed by atoms with van der Waals surface area (Å²) < 4.78 is 4.87. The van der Waals surface area contributed by atoms with Gasteiger partial charge in [-0.05, 0) is 114 Å². The summed E-state index contributed by atoms with van der Waals surface area (Å²) in [5, 5.41) is 3.87. The van der Waals surface area contributed by atoms with Crippen LogP contribution in [0.25, 0.3) is 61.3 Å². The van der Waals surface area contributed by atoms with Gasteiger partial charge >= 0.3 is 0 Å². The van der Waals surface area contributed by atoms with Crippen molar-refractivity contribution < 1.29 is 0 Å². The van der Waals surface area contributed by atoms with Crippen molar-refractivity contribution in [3.63, 3.8) is 0 Å². The summed E-state index contributed by atoms with van der Waals surface area (Å²) in [4.78, 5) is 2.45. The maximum atomic E-state index is 2.45. The van der Waals surface area contributed by atoms with Crippen LogP contribution in [0.1, 0.15) is 36.9 Å². The first-order chi connectivity index (χ1) is 25.7. The second-order valence-corrected chi connectivity index (χ2v) is 14.2. The van der Waals surface area contributed by atoms with Gasteiger partial charge in [0.1, 0.15) is 0 Å². The molecule has 3 heteroatoms. The number of anilines is 2. The predicted octanol–water partition coefficient (Wildman–Crippen LogP) is 12.9. The molecule has 8 aromatic rings. The third-order valence-electron chi connectivity index (χ3n) is 11.0. The van der Waals surface area contributed by atoms with E-state index in [1.54, 1.807) is 0 Å². The van der Waals surface area contributed by atoms with E-state index in [4.69, 9.17) is 0 Å². The third kappa shape index (κ3) is 4.96. The molecule has 2 aromatic heterocycles. The van der Waals surface area contributed by atoms with Gasteiger partial charge in [-0.2, -0.15) is 0 Å². The molecular weight excluding hydrogens is 631 g/mol. The Morgan fingerprint density at radius 3 is 2.00 bits per heavy atom. The maximum Gasteiger partial charge on any atom is 0.0559 e. The average Bonchev–Trinajstić information content (AvgIpc) is 3.72. The molecule has 10 rings (SSSR count). The van der Waals surface area contributed by atoms with Crippen LogP contribution in [-0.4, -0.2) is 15.2 Å². The molecule has 250 valence electrons. The largest absolute Gasteiger partial charge is 0.334 e. The lowest BCUT2D eigenvalue weighted by Crippen LogP contribution is -2.29. The minimum atomic E-state index is 0.264. The summed E-state index contributed by atoms with van der Waals surface area (Å²) in [6.07, 6.45) is 15.6. The molecule has 0 aliphatic heterocycles. The molecule has 0 fully saturated rings. The van der Waals surface area contributed by atoms with Crippen LogP contribution in [0.2, 0.25) is 0 Å². The molecule has 0 spiro atoms. The number of rotatable bonds is 6. The molecule has 0 radical (unpaired) electrons. The van der Waals surface area contributed by atoms with Crippen LogP contribution in [0, 0.1) is 0 Å². The first-order valence-corrected chi connectivity index (χ1v) is 18.4. The highest BCUT2D eigenvalue weighted by Gasteiger charge is 2.24. The maximum absolute atomic E-state index is 2.45. The van der Waals surface area contributed by atoms with Crippen LogP contribution >= 0.6 is 0 Å². The monoisotopic (exact) mass is 669 g/mol. The van der Waals surface area contributed by atoms with E-state index in [2.05, 4.69) is 203 Å². The van der Waals surface area contributed by atoms with Crippen molar-refractivity contribution >= 4 is 50.2 Å². The highest BCUT2D eigenvalue weighted by Crippen LogP contribution is 2.42. The molecule has 0 bridgehead atoms. The number of aromatic nitrogens is 2. The van der Waals surface area contributed by atoms with E-state index in [9.17, 15) is 0 Å². The van der Waals surface area contributed by atoms with Gasteiger partial charge in [-0.15, -0.1) is 0 Å². The zero-order valence-corrected chi connectivity index (χ0v) is 29.2. The van der Waals surface area contributed by atoms with Gasteiger partial charge in [0.15, 0.2) is 0 Å². The van der Waals surface area contributed by atoms with Crippen LogP contribution in [0.5, 0.6) is 0 Å². The van der Waals surface area contributed by atoms with Crippen LogP contribution in [-0.2, 0) is 0 Å². The average molecular weight is 670 g/mol. The molecule has 2 aliphatic rings. The molecule has 52 heavy (non-hydrogen) atoms. The Hall–Kier alpha value is -6.32. The standard InChI is InChI=1S/C49H39N3/c1-34-14-13-23-47-49(34)44-32-35(25-31-46(44)51(47)39-19-9-4-10-20-39)36-24-30-43-42-21-11-12-22-45(42)52(48(43)33-36)41-28-26-40(27-29-41)50(37-15-5-2-6-16-37)38-17-7-3-8-18-38/h2-13,15-17,19-34,38H,14,18H2,1H3. The topological polar surface area (TPSA) is 13.1 Å². The molecule has 0 amide bonds. The molecule has 2 heterocycles. The fourth-order valence-corrected chi connectivity index (χ4v) is 8.62. The predicted molar refractivity (Wildman–Crippen MR) is 220 cm³/mol. The number of fused-ring (bicyclic) bond motifs is 6. The zero-order chi connectivity index (χ0) is 34.6. The normalized spacial score (nSPS) is 16.6. The van der Waals surface area contributed by atoms with E-state index >= 15 is 0 Å². The van der Waals surface area contributed by atoms with Crippen LogP contribution in [0.4, 0.5) is 11.4 Å². The first-order valence-electron chi connectivity index (χ1n) is 18.4. The Labute approximate surface area is 304 Å². The summed E-state index contributed by atoms with van der Waals surface area (Å²) in [7, 11) is 0. The lowest BCUT2D eigenvalue weighted by molar-refractivity contribution is 0.773. The van der Waals surface area contributed by atoms with Gasteiger partial charge in [0.2, 0.25) is 0 Å². The van der Waals surface area contributed by atoms with Gasteiger partial charge in [0.25, 0.3) is 0 Å². The summed E-state index contributed by atoms with van der Waals surface area (Å²) in [5.74, 6) is 0.458. The van der Waals surface area contributed by atoms with E-state index in [-0.39, 0.29) is 6.04 Å². The Balaban J connectivity index is 1.10. The second-order valence-electron chi connectivity index (χ2n) is 14.2. The van der Waals surface area contributed by atoms with Gasteiger partial charge in [-0.25, -0.2) is 0 Å². The Kier molecular flexibility index (Phi) is 7.31. The summed E-state index contributed by atoms with van der Waals surface area (Å²) in [6.45, 7) is 2.36. The Morgan fingerprint density at radius 1 is 0.519 bits per heavy atom. The van der Waals surface area contributed by atoms with E-state index < -0.39 is 0 Å². The molecule has 0 N–H and O–H groups in total. The van der Waals surface area contributed by atoms with Crippen molar-refractivity contribution in [1.82, 2.24) is 9.13 Å². The van der Waals surface area contributed by atoms with E-state index in [1.165, 1.54) is 72.2 Å². The van der Waals surface area contributed by atoms with Crippen molar-refractivity contribution in [2.45, 2.75) is 31.7 Å². The fraction of sp³-hybridized carbons (Fsp3) is 0.102. The van der Waals surface area contributed by atoms with Gasteiger partial charge in [0, 0.05) is 44.6 Å². The fourth-order valence-electron chi connectivity index (χ4n) is 8.62. The smallest absolute Gasteiger partial charge is 0.0559 e. The van der Waals surface area contributed by atoms with E-state index in [0.29, 0.717) is 5.92 Å². The van der Waals surface area contributed by atoms with Crippen molar-refractivity contribution in [2.75, 3.05) is 4.90 Å². The molecule has 3 nitrogen and oxygen atoms in total. The molecule has 2 unspecified atom stereocenters. The van der Waals surface area contributed by atoms with Crippen LogP contribution in [0.3, 0.4) is 0 Å². The number of nitrogens with zero attached hydrogens (tertiary/aromatic N) is 3. The van der Waals surface area contributed by atoms with Gasteiger partial charge in [-0.3, -0.25) is 0 Å². The summed E-state index contributed by atoms with van der Waals surface area (Å²) in [5.41, 5.74) is 13.7. The molecule has 0 saturated heterocycles. The number of hydrogen-bond acceptors (Lipinski definition) is 1. The van der Waals surface area contributed by atoms with E-state index in [1.807, 2.05) is 0 Å². The molecular formula is C49H39N3.